The average Bonchev–Trinajstić information content (AvgIpc) is 2.31. The quantitative estimate of drug-likeness (QED) is 0.409. The van der Waals surface area contributed by atoms with Gasteiger partial charge in [-0.3, -0.25) is 4.79 Å². The fourth-order valence-corrected chi connectivity index (χ4v) is 2.90. The Morgan fingerprint density at radius 1 is 1.39 bits per heavy atom. The van der Waals surface area contributed by atoms with Gasteiger partial charge in [-0.15, -0.1) is 0 Å². The molecule has 0 N–H and O–H groups in total. The minimum Gasteiger partial charge on any atom is -0.465 e. The van der Waals surface area contributed by atoms with Crippen molar-refractivity contribution in [3.8, 4) is 0 Å². The van der Waals surface area contributed by atoms with Crippen LogP contribution in [0.1, 0.15) is 66.7 Å². The van der Waals surface area contributed by atoms with Gasteiger partial charge in [-0.1, -0.05) is 45.3 Å². The van der Waals surface area contributed by atoms with Gasteiger partial charge in [0.05, 0.1) is 12.5 Å². The first-order valence-corrected chi connectivity index (χ1v) is 7.29. The summed E-state index contributed by atoms with van der Waals surface area (Å²) in [6, 6.07) is 0. The molecule has 1 aliphatic carbocycles. The van der Waals surface area contributed by atoms with Crippen LogP contribution >= 0.6 is 0 Å². The summed E-state index contributed by atoms with van der Waals surface area (Å²) in [7, 11) is 0. The average molecular weight is 252 g/mol. The molecule has 0 aromatic carbocycles. The molecule has 2 nitrogen and oxygen atoms in total. The summed E-state index contributed by atoms with van der Waals surface area (Å²) in [5, 5.41) is 0. The van der Waals surface area contributed by atoms with Crippen LogP contribution in [-0.2, 0) is 9.53 Å². The summed E-state index contributed by atoms with van der Waals surface area (Å²) in [5.41, 5.74) is 2.75. The van der Waals surface area contributed by atoms with Gasteiger partial charge < -0.3 is 4.74 Å². The fourth-order valence-electron chi connectivity index (χ4n) is 2.90. The highest BCUT2D eigenvalue weighted by Crippen LogP contribution is 2.45. The Hall–Kier alpha value is -0.790. The largest absolute Gasteiger partial charge is 0.465 e. The number of unbranched alkanes of at least 4 members (excludes halogenated alkanes) is 1. The molecule has 0 amide bonds. The lowest BCUT2D eigenvalue weighted by molar-refractivity contribution is -0.151. The van der Waals surface area contributed by atoms with E-state index in [-0.39, 0.29) is 17.3 Å². The maximum absolute atomic E-state index is 12.3. The third-order valence-electron chi connectivity index (χ3n) is 4.18. The van der Waals surface area contributed by atoms with E-state index in [0.29, 0.717) is 6.61 Å². The second kappa shape index (κ2) is 6.40. The Labute approximate surface area is 112 Å². The van der Waals surface area contributed by atoms with Gasteiger partial charge in [0, 0.05) is 0 Å². The zero-order valence-electron chi connectivity index (χ0n) is 12.6. The minimum absolute atomic E-state index is 0.00986. The predicted molar refractivity (Wildman–Crippen MR) is 75.4 cm³/mol. The van der Waals surface area contributed by atoms with Gasteiger partial charge in [0.1, 0.15) is 0 Å². The second-order valence-corrected chi connectivity index (χ2v) is 6.10. The number of esters is 1. The van der Waals surface area contributed by atoms with Gasteiger partial charge in [0.15, 0.2) is 0 Å². The Kier molecular flexibility index (Phi) is 5.43. The van der Waals surface area contributed by atoms with E-state index in [2.05, 4.69) is 34.6 Å². The number of allylic oxidation sites excluding steroid dienone is 1. The molecule has 0 aromatic rings. The van der Waals surface area contributed by atoms with Crippen LogP contribution in [0.15, 0.2) is 11.1 Å². The summed E-state index contributed by atoms with van der Waals surface area (Å²) in [6.07, 6.45) is 5.19. The molecule has 1 rings (SSSR count). The molecule has 0 spiro atoms. The SMILES string of the molecule is CCCCOC(=O)C1C(CC)=C(C)CCC1(C)C. The van der Waals surface area contributed by atoms with E-state index in [4.69, 9.17) is 4.74 Å². The zero-order valence-corrected chi connectivity index (χ0v) is 12.6. The summed E-state index contributed by atoms with van der Waals surface area (Å²) >= 11 is 0. The smallest absolute Gasteiger partial charge is 0.313 e. The molecule has 1 unspecified atom stereocenters. The lowest BCUT2D eigenvalue weighted by Gasteiger charge is -2.39. The molecule has 0 radical (unpaired) electrons. The van der Waals surface area contributed by atoms with E-state index in [1.807, 2.05) is 0 Å². The van der Waals surface area contributed by atoms with Gasteiger partial charge in [0.2, 0.25) is 0 Å². The maximum Gasteiger partial charge on any atom is 0.313 e. The van der Waals surface area contributed by atoms with Crippen molar-refractivity contribution in [1.82, 2.24) is 0 Å². The Morgan fingerprint density at radius 2 is 2.06 bits per heavy atom. The molecule has 1 aliphatic rings. The van der Waals surface area contributed by atoms with Crippen LogP contribution in [0.3, 0.4) is 0 Å². The van der Waals surface area contributed by atoms with Crippen LogP contribution in [0.2, 0.25) is 0 Å². The van der Waals surface area contributed by atoms with Gasteiger partial charge in [-0.05, 0) is 38.0 Å². The molecule has 1 atom stereocenters. The van der Waals surface area contributed by atoms with Gasteiger partial charge in [-0.25, -0.2) is 0 Å². The van der Waals surface area contributed by atoms with Gasteiger partial charge in [0.25, 0.3) is 0 Å². The molecule has 0 bridgehead atoms. The van der Waals surface area contributed by atoms with Crippen LogP contribution < -0.4 is 0 Å². The summed E-state index contributed by atoms with van der Waals surface area (Å²) in [4.78, 5) is 12.3. The number of rotatable bonds is 5. The second-order valence-electron chi connectivity index (χ2n) is 6.10. The van der Waals surface area contributed by atoms with Crippen LogP contribution in [0, 0.1) is 11.3 Å². The molecule has 2 heteroatoms. The van der Waals surface area contributed by atoms with E-state index >= 15 is 0 Å². The minimum atomic E-state index is -0.0342. The lowest BCUT2D eigenvalue weighted by atomic mass is 9.65. The highest BCUT2D eigenvalue weighted by Gasteiger charge is 2.41. The van der Waals surface area contributed by atoms with Crippen LogP contribution in [-0.4, -0.2) is 12.6 Å². The molecular formula is C16H28O2. The van der Waals surface area contributed by atoms with Gasteiger partial charge in [-0.2, -0.15) is 0 Å². The number of hydrogen-bond acceptors (Lipinski definition) is 2. The number of carbonyl (C=O) groups is 1. The van der Waals surface area contributed by atoms with Crippen molar-refractivity contribution in [2.45, 2.75) is 66.7 Å². The normalized spacial score (nSPS) is 23.1. The maximum atomic E-state index is 12.3. The monoisotopic (exact) mass is 252 g/mol. The standard InChI is InChI=1S/C16H28O2/c1-6-8-11-18-15(17)14-13(7-2)12(3)9-10-16(14,4)5/h14H,6-11H2,1-5H3. The highest BCUT2D eigenvalue weighted by molar-refractivity contribution is 5.77. The molecule has 104 valence electrons. The topological polar surface area (TPSA) is 26.3 Å². The lowest BCUT2D eigenvalue weighted by Crippen LogP contribution is -2.37. The molecule has 0 saturated heterocycles. The van der Waals surface area contributed by atoms with Crippen molar-refractivity contribution in [3.63, 3.8) is 0 Å². The number of hydrogen-bond donors (Lipinski definition) is 0. The fraction of sp³-hybridized carbons (Fsp3) is 0.812. The zero-order chi connectivity index (χ0) is 13.8. The van der Waals surface area contributed by atoms with Crippen molar-refractivity contribution >= 4 is 5.97 Å². The molecule has 0 aliphatic heterocycles. The van der Waals surface area contributed by atoms with Crippen molar-refractivity contribution in [3.05, 3.63) is 11.1 Å². The number of carbonyl (C=O) groups excluding carboxylic acids is 1. The van der Waals surface area contributed by atoms with E-state index in [1.165, 1.54) is 11.1 Å². The molecule has 0 aromatic heterocycles. The van der Waals surface area contributed by atoms with Crippen molar-refractivity contribution in [2.24, 2.45) is 11.3 Å². The van der Waals surface area contributed by atoms with Crippen molar-refractivity contribution < 1.29 is 9.53 Å². The van der Waals surface area contributed by atoms with E-state index in [9.17, 15) is 4.79 Å². The van der Waals surface area contributed by atoms with Crippen LogP contribution in [0.4, 0.5) is 0 Å². The summed E-state index contributed by atoms with van der Waals surface area (Å²) < 4.78 is 5.46. The predicted octanol–water partition coefficient (Wildman–Crippen LogP) is 4.49. The highest BCUT2D eigenvalue weighted by atomic mass is 16.5. The van der Waals surface area contributed by atoms with Crippen LogP contribution in [0.25, 0.3) is 0 Å². The Morgan fingerprint density at radius 3 is 2.61 bits per heavy atom. The molecule has 0 fully saturated rings. The van der Waals surface area contributed by atoms with E-state index in [1.54, 1.807) is 0 Å². The van der Waals surface area contributed by atoms with E-state index in [0.717, 1.165) is 32.1 Å². The number of ether oxygens (including phenoxy) is 1. The molecule has 0 heterocycles. The third kappa shape index (κ3) is 3.37. The third-order valence-corrected chi connectivity index (χ3v) is 4.18. The van der Waals surface area contributed by atoms with Crippen molar-refractivity contribution in [1.29, 1.82) is 0 Å². The first kappa shape index (κ1) is 15.3. The van der Waals surface area contributed by atoms with Crippen molar-refractivity contribution in [2.75, 3.05) is 6.61 Å². The first-order valence-electron chi connectivity index (χ1n) is 7.29. The molecule has 0 saturated carbocycles. The first-order chi connectivity index (χ1) is 8.44. The Bertz CT molecular complexity index is 326. The summed E-state index contributed by atoms with van der Waals surface area (Å²) in [6.45, 7) is 11.4. The molecular weight excluding hydrogens is 224 g/mol. The van der Waals surface area contributed by atoms with Gasteiger partial charge >= 0.3 is 5.97 Å². The Balaban J connectivity index is 2.85. The summed E-state index contributed by atoms with van der Waals surface area (Å²) in [5.74, 6) is -0.0440. The molecule has 18 heavy (non-hydrogen) atoms. The van der Waals surface area contributed by atoms with E-state index < -0.39 is 0 Å². The van der Waals surface area contributed by atoms with Crippen LogP contribution in [0.5, 0.6) is 0 Å².